The minimum absolute atomic E-state index is 0.671. The summed E-state index contributed by atoms with van der Waals surface area (Å²) in [4.78, 5) is 4.50. The van der Waals surface area contributed by atoms with Gasteiger partial charge in [0.2, 0.25) is 0 Å². The van der Waals surface area contributed by atoms with Gasteiger partial charge in [0.25, 0.3) is 0 Å². The molecule has 2 rings (SSSR count). The summed E-state index contributed by atoms with van der Waals surface area (Å²) in [7, 11) is 0. The van der Waals surface area contributed by atoms with Crippen molar-refractivity contribution in [2.45, 2.75) is 77.8 Å². The van der Waals surface area contributed by atoms with Crippen molar-refractivity contribution in [2.75, 3.05) is 6.54 Å². The van der Waals surface area contributed by atoms with E-state index in [0.717, 1.165) is 31.8 Å². The smallest absolute Gasteiger partial charge is 0.138 e. The molecular formula is C16H30N4. The van der Waals surface area contributed by atoms with Crippen molar-refractivity contribution in [3.63, 3.8) is 0 Å². The van der Waals surface area contributed by atoms with Crippen molar-refractivity contribution in [2.24, 2.45) is 5.92 Å². The molecule has 114 valence electrons. The Kier molecular flexibility index (Phi) is 6.51. The van der Waals surface area contributed by atoms with Gasteiger partial charge in [0.15, 0.2) is 0 Å². The van der Waals surface area contributed by atoms with Crippen LogP contribution in [-0.4, -0.2) is 27.4 Å². The van der Waals surface area contributed by atoms with Gasteiger partial charge in [-0.2, -0.15) is 5.10 Å². The Bertz CT molecular complexity index is 374. The number of nitrogens with zero attached hydrogens (tertiary/aromatic N) is 3. The highest BCUT2D eigenvalue weighted by Gasteiger charge is 2.24. The standard InChI is InChI=1S/C16H30N4/c1-3-10-17-15-9-7-5-6-8-14(15)12-16-18-13-19-20(16)11-4-2/h13-15,17H,3-12H2,1-2H3. The summed E-state index contributed by atoms with van der Waals surface area (Å²) in [5.41, 5.74) is 0. The van der Waals surface area contributed by atoms with Gasteiger partial charge in [0.1, 0.15) is 12.2 Å². The maximum absolute atomic E-state index is 4.50. The highest BCUT2D eigenvalue weighted by Crippen LogP contribution is 2.26. The van der Waals surface area contributed by atoms with E-state index in [1.807, 2.05) is 0 Å². The molecule has 0 bridgehead atoms. The van der Waals surface area contributed by atoms with Crippen LogP contribution in [0.5, 0.6) is 0 Å². The number of aromatic nitrogens is 3. The molecule has 0 aliphatic heterocycles. The summed E-state index contributed by atoms with van der Waals surface area (Å²) in [6, 6.07) is 0.671. The van der Waals surface area contributed by atoms with Gasteiger partial charge in [-0.25, -0.2) is 4.98 Å². The SMILES string of the molecule is CCCNC1CCCCCC1Cc1ncnn1CCC. The highest BCUT2D eigenvalue weighted by atomic mass is 15.3. The number of rotatable bonds is 7. The van der Waals surface area contributed by atoms with Gasteiger partial charge < -0.3 is 5.32 Å². The second-order valence-electron chi connectivity index (χ2n) is 6.06. The quantitative estimate of drug-likeness (QED) is 0.779. The van der Waals surface area contributed by atoms with Gasteiger partial charge in [0, 0.05) is 19.0 Å². The predicted molar refractivity (Wildman–Crippen MR) is 82.7 cm³/mol. The van der Waals surface area contributed by atoms with Crippen molar-refractivity contribution < 1.29 is 0 Å². The van der Waals surface area contributed by atoms with E-state index in [4.69, 9.17) is 0 Å². The minimum atomic E-state index is 0.671. The van der Waals surface area contributed by atoms with E-state index < -0.39 is 0 Å². The van der Waals surface area contributed by atoms with Crippen molar-refractivity contribution in [1.29, 1.82) is 0 Å². The van der Waals surface area contributed by atoms with Crippen molar-refractivity contribution >= 4 is 0 Å². The lowest BCUT2D eigenvalue weighted by atomic mass is 9.91. The maximum Gasteiger partial charge on any atom is 0.138 e. The molecule has 2 atom stereocenters. The van der Waals surface area contributed by atoms with Crippen LogP contribution in [0.25, 0.3) is 0 Å². The molecule has 20 heavy (non-hydrogen) atoms. The zero-order chi connectivity index (χ0) is 14.2. The van der Waals surface area contributed by atoms with Crippen molar-refractivity contribution in [3.8, 4) is 0 Å². The Labute approximate surface area is 123 Å². The van der Waals surface area contributed by atoms with E-state index in [2.05, 4.69) is 33.9 Å². The van der Waals surface area contributed by atoms with E-state index in [0.29, 0.717) is 6.04 Å². The molecule has 0 amide bonds. The zero-order valence-corrected chi connectivity index (χ0v) is 13.1. The molecule has 1 saturated carbocycles. The molecule has 0 aromatic carbocycles. The van der Waals surface area contributed by atoms with Crippen LogP contribution in [-0.2, 0) is 13.0 Å². The lowest BCUT2D eigenvalue weighted by Crippen LogP contribution is -2.37. The van der Waals surface area contributed by atoms with Gasteiger partial charge in [-0.15, -0.1) is 0 Å². The van der Waals surface area contributed by atoms with Gasteiger partial charge in [-0.05, 0) is 38.1 Å². The molecule has 4 nitrogen and oxygen atoms in total. The first kappa shape index (κ1) is 15.5. The fourth-order valence-electron chi connectivity index (χ4n) is 3.31. The first-order valence-electron chi connectivity index (χ1n) is 8.45. The van der Waals surface area contributed by atoms with Gasteiger partial charge in [-0.1, -0.05) is 33.1 Å². The van der Waals surface area contributed by atoms with Crippen molar-refractivity contribution in [3.05, 3.63) is 12.2 Å². The number of hydrogen-bond acceptors (Lipinski definition) is 3. The van der Waals surface area contributed by atoms with E-state index in [-0.39, 0.29) is 0 Å². The lowest BCUT2D eigenvalue weighted by Gasteiger charge is -2.26. The number of hydrogen-bond donors (Lipinski definition) is 1. The Morgan fingerprint density at radius 1 is 1.20 bits per heavy atom. The van der Waals surface area contributed by atoms with E-state index >= 15 is 0 Å². The molecular weight excluding hydrogens is 248 g/mol. The van der Waals surface area contributed by atoms with Gasteiger partial charge >= 0.3 is 0 Å². The first-order valence-corrected chi connectivity index (χ1v) is 8.45. The topological polar surface area (TPSA) is 42.7 Å². The monoisotopic (exact) mass is 278 g/mol. The Balaban J connectivity index is 2.00. The lowest BCUT2D eigenvalue weighted by molar-refractivity contribution is 0.323. The number of nitrogens with one attached hydrogen (secondary N) is 1. The van der Waals surface area contributed by atoms with Crippen LogP contribution in [0.3, 0.4) is 0 Å². The molecule has 1 N–H and O–H groups in total. The van der Waals surface area contributed by atoms with E-state index in [1.165, 1.54) is 44.3 Å². The first-order chi connectivity index (χ1) is 9.85. The Hall–Kier alpha value is -0.900. The van der Waals surface area contributed by atoms with Crippen molar-refractivity contribution in [1.82, 2.24) is 20.1 Å². The molecule has 0 radical (unpaired) electrons. The van der Waals surface area contributed by atoms with Crippen LogP contribution in [0.4, 0.5) is 0 Å². The molecule has 0 saturated heterocycles. The van der Waals surface area contributed by atoms with E-state index in [1.54, 1.807) is 6.33 Å². The molecule has 1 aromatic rings. The minimum Gasteiger partial charge on any atom is -0.314 e. The van der Waals surface area contributed by atoms with Crippen LogP contribution in [0.15, 0.2) is 6.33 Å². The summed E-state index contributed by atoms with van der Waals surface area (Å²) in [5, 5.41) is 8.14. The molecule has 4 heteroatoms. The van der Waals surface area contributed by atoms with Crippen LogP contribution in [0.1, 0.15) is 64.6 Å². The second kappa shape index (κ2) is 8.40. The summed E-state index contributed by atoms with van der Waals surface area (Å²) >= 11 is 0. The third-order valence-corrected chi connectivity index (χ3v) is 4.39. The van der Waals surface area contributed by atoms with E-state index in [9.17, 15) is 0 Å². The Morgan fingerprint density at radius 2 is 2.05 bits per heavy atom. The molecule has 0 spiro atoms. The fourth-order valence-corrected chi connectivity index (χ4v) is 3.31. The maximum atomic E-state index is 4.50. The van der Waals surface area contributed by atoms with Gasteiger partial charge in [-0.3, -0.25) is 4.68 Å². The summed E-state index contributed by atoms with van der Waals surface area (Å²) in [5.74, 6) is 1.91. The Morgan fingerprint density at radius 3 is 2.85 bits per heavy atom. The normalized spacial score (nSPS) is 23.7. The third kappa shape index (κ3) is 4.30. The molecule has 1 fully saturated rings. The molecule has 2 unspecified atom stereocenters. The molecule has 1 aliphatic carbocycles. The van der Waals surface area contributed by atoms with Crippen LogP contribution in [0.2, 0.25) is 0 Å². The summed E-state index contributed by atoms with van der Waals surface area (Å²) < 4.78 is 2.10. The largest absolute Gasteiger partial charge is 0.314 e. The summed E-state index contributed by atoms with van der Waals surface area (Å²) in [6.07, 6.45) is 11.9. The average Bonchev–Trinajstić information content (AvgIpc) is 2.76. The highest BCUT2D eigenvalue weighted by molar-refractivity contribution is 4.92. The number of aryl methyl sites for hydroxylation is 1. The van der Waals surface area contributed by atoms with Crippen LogP contribution < -0.4 is 5.32 Å². The zero-order valence-electron chi connectivity index (χ0n) is 13.1. The molecule has 1 heterocycles. The average molecular weight is 278 g/mol. The summed E-state index contributed by atoms with van der Waals surface area (Å²) in [6.45, 7) is 6.58. The van der Waals surface area contributed by atoms with Crippen LogP contribution in [0, 0.1) is 5.92 Å². The molecule has 1 aliphatic rings. The second-order valence-corrected chi connectivity index (χ2v) is 6.06. The molecule has 1 aromatic heterocycles. The third-order valence-electron chi connectivity index (χ3n) is 4.39. The van der Waals surface area contributed by atoms with Crippen LogP contribution >= 0.6 is 0 Å². The predicted octanol–water partition coefficient (Wildman–Crippen LogP) is 3.18. The van der Waals surface area contributed by atoms with Gasteiger partial charge in [0.05, 0.1) is 0 Å². The fraction of sp³-hybridized carbons (Fsp3) is 0.875.